The van der Waals surface area contributed by atoms with E-state index in [-0.39, 0.29) is 17.1 Å². The van der Waals surface area contributed by atoms with Crippen molar-refractivity contribution in [1.82, 2.24) is 4.98 Å². The van der Waals surface area contributed by atoms with Crippen molar-refractivity contribution in [3.63, 3.8) is 0 Å². The minimum atomic E-state index is -0.625. The normalized spacial score (nSPS) is 15.5. The second-order valence-corrected chi connectivity index (χ2v) is 8.84. The molecule has 0 saturated heterocycles. The highest BCUT2D eigenvalue weighted by molar-refractivity contribution is 7.15. The third kappa shape index (κ3) is 2.96. The summed E-state index contributed by atoms with van der Waals surface area (Å²) < 4.78 is 11.3. The number of fused-ring (bicyclic) bond motifs is 2. The number of hydrogen-bond donors (Lipinski definition) is 0. The molecule has 5 rings (SSSR count). The summed E-state index contributed by atoms with van der Waals surface area (Å²) in [4.78, 5) is 34.3. The largest absolute Gasteiger partial charge is 0.497 e. The van der Waals surface area contributed by atoms with Crippen LogP contribution in [0.1, 0.15) is 43.9 Å². The first-order valence-electron chi connectivity index (χ1n) is 9.88. The van der Waals surface area contributed by atoms with E-state index in [1.807, 2.05) is 51.1 Å². The van der Waals surface area contributed by atoms with Crippen LogP contribution in [0.25, 0.3) is 11.0 Å². The predicted molar refractivity (Wildman–Crippen MR) is 120 cm³/mol. The molecule has 4 aromatic rings. The fourth-order valence-electron chi connectivity index (χ4n) is 3.94. The molecule has 0 spiro atoms. The number of amides is 1. The Hall–Kier alpha value is -3.45. The maximum absolute atomic E-state index is 13.6. The molecule has 0 radical (unpaired) electrons. The summed E-state index contributed by atoms with van der Waals surface area (Å²) in [5.41, 5.74) is 3.16. The van der Waals surface area contributed by atoms with E-state index in [1.54, 1.807) is 24.1 Å². The van der Waals surface area contributed by atoms with Gasteiger partial charge in [0.25, 0.3) is 5.91 Å². The van der Waals surface area contributed by atoms with E-state index in [9.17, 15) is 9.59 Å². The SMILES string of the molecule is COc1ccc(C2c3c(oc4ccc(C)cc4c3=O)C(=O)N2c2nc(C)c(C)s2)cc1. The van der Waals surface area contributed by atoms with Gasteiger partial charge in [-0.15, -0.1) is 11.3 Å². The summed E-state index contributed by atoms with van der Waals surface area (Å²) in [5.74, 6) is 0.416. The molecule has 6 nitrogen and oxygen atoms in total. The Balaban J connectivity index is 1.80. The van der Waals surface area contributed by atoms with E-state index in [0.29, 0.717) is 27.4 Å². The number of aryl methyl sites for hydroxylation is 3. The minimum absolute atomic E-state index is 0.0766. The number of rotatable bonds is 3. The number of ether oxygens (including phenoxy) is 1. The summed E-state index contributed by atoms with van der Waals surface area (Å²) >= 11 is 1.43. The molecule has 1 amide bonds. The first-order valence-corrected chi connectivity index (χ1v) is 10.7. The molecule has 2 aromatic carbocycles. The number of thiazole rings is 1. The van der Waals surface area contributed by atoms with Gasteiger partial charge in [0.2, 0.25) is 5.76 Å². The van der Waals surface area contributed by atoms with Crippen LogP contribution >= 0.6 is 11.3 Å². The Morgan fingerprint density at radius 2 is 1.81 bits per heavy atom. The monoisotopic (exact) mass is 432 g/mol. The second-order valence-electron chi connectivity index (χ2n) is 7.66. The zero-order valence-electron chi connectivity index (χ0n) is 17.6. The van der Waals surface area contributed by atoms with Crippen molar-refractivity contribution >= 4 is 33.3 Å². The average molecular weight is 433 g/mol. The Labute approximate surface area is 182 Å². The van der Waals surface area contributed by atoms with Crippen molar-refractivity contribution in [2.24, 2.45) is 0 Å². The number of anilines is 1. The van der Waals surface area contributed by atoms with Gasteiger partial charge in [-0.3, -0.25) is 14.5 Å². The Morgan fingerprint density at radius 3 is 2.45 bits per heavy atom. The molecule has 2 aromatic heterocycles. The number of methoxy groups -OCH3 is 1. The van der Waals surface area contributed by atoms with Crippen molar-refractivity contribution in [2.75, 3.05) is 12.0 Å². The number of hydrogen-bond acceptors (Lipinski definition) is 6. The fourth-order valence-corrected chi connectivity index (χ4v) is 4.88. The van der Waals surface area contributed by atoms with E-state index in [0.717, 1.165) is 21.7 Å². The molecule has 3 heterocycles. The molecule has 0 saturated carbocycles. The molecule has 0 bridgehead atoms. The molecule has 1 aliphatic rings. The molecule has 1 atom stereocenters. The van der Waals surface area contributed by atoms with Crippen LogP contribution in [0.2, 0.25) is 0 Å². The van der Waals surface area contributed by atoms with Crippen molar-refractivity contribution in [1.29, 1.82) is 0 Å². The maximum Gasteiger partial charge on any atom is 0.297 e. The van der Waals surface area contributed by atoms with Crippen LogP contribution in [-0.4, -0.2) is 18.0 Å². The van der Waals surface area contributed by atoms with E-state index < -0.39 is 6.04 Å². The van der Waals surface area contributed by atoms with Crippen molar-refractivity contribution in [3.05, 3.63) is 85.7 Å². The highest BCUT2D eigenvalue weighted by Crippen LogP contribution is 2.43. The molecular weight excluding hydrogens is 412 g/mol. The summed E-state index contributed by atoms with van der Waals surface area (Å²) in [7, 11) is 1.60. The van der Waals surface area contributed by atoms with E-state index in [1.165, 1.54) is 11.3 Å². The highest BCUT2D eigenvalue weighted by Gasteiger charge is 2.45. The smallest absolute Gasteiger partial charge is 0.297 e. The van der Waals surface area contributed by atoms with Gasteiger partial charge in [0.05, 0.1) is 29.8 Å². The molecule has 156 valence electrons. The predicted octanol–water partition coefficient (Wildman–Crippen LogP) is 4.93. The quantitative estimate of drug-likeness (QED) is 0.459. The summed E-state index contributed by atoms with van der Waals surface area (Å²) in [6.45, 7) is 5.80. The van der Waals surface area contributed by atoms with Gasteiger partial charge >= 0.3 is 0 Å². The fraction of sp³-hybridized carbons (Fsp3) is 0.208. The van der Waals surface area contributed by atoms with Crippen LogP contribution in [0.4, 0.5) is 5.13 Å². The van der Waals surface area contributed by atoms with Crippen LogP contribution in [0, 0.1) is 20.8 Å². The third-order valence-corrected chi connectivity index (χ3v) is 6.75. The average Bonchev–Trinajstić information content (AvgIpc) is 3.25. The Kier molecular flexibility index (Phi) is 4.44. The van der Waals surface area contributed by atoms with E-state index in [4.69, 9.17) is 9.15 Å². The number of nitrogens with zero attached hydrogens (tertiary/aromatic N) is 2. The number of aromatic nitrogens is 1. The molecule has 1 unspecified atom stereocenters. The molecular formula is C24H20N2O4S. The van der Waals surface area contributed by atoms with Gasteiger partial charge in [0.15, 0.2) is 10.6 Å². The third-order valence-electron chi connectivity index (χ3n) is 5.68. The van der Waals surface area contributed by atoms with Crippen LogP contribution in [0.3, 0.4) is 0 Å². The summed E-state index contributed by atoms with van der Waals surface area (Å²) in [6.07, 6.45) is 0. The van der Waals surface area contributed by atoms with Crippen molar-refractivity contribution in [2.45, 2.75) is 26.8 Å². The number of carbonyl (C=O) groups is 1. The lowest BCUT2D eigenvalue weighted by Crippen LogP contribution is -2.29. The standard InChI is InChI=1S/C24H20N2O4S/c1-12-5-10-18-17(11-12)21(27)19-20(15-6-8-16(29-4)9-7-15)26(23(28)22(19)30-18)24-25-13(2)14(3)31-24/h5-11,20H,1-4H3. The highest BCUT2D eigenvalue weighted by atomic mass is 32.1. The first-order chi connectivity index (χ1) is 14.9. The second kappa shape index (κ2) is 7.06. The number of benzene rings is 2. The first kappa shape index (κ1) is 19.5. The molecule has 0 aliphatic carbocycles. The summed E-state index contributed by atoms with van der Waals surface area (Å²) in [5, 5.41) is 1.02. The maximum atomic E-state index is 13.6. The van der Waals surface area contributed by atoms with Gasteiger partial charge in [0.1, 0.15) is 11.3 Å². The summed E-state index contributed by atoms with van der Waals surface area (Å²) in [6, 6.07) is 12.2. The van der Waals surface area contributed by atoms with Crippen LogP contribution in [-0.2, 0) is 0 Å². The van der Waals surface area contributed by atoms with Gasteiger partial charge in [-0.1, -0.05) is 23.8 Å². The van der Waals surface area contributed by atoms with Crippen molar-refractivity contribution < 1.29 is 13.9 Å². The molecule has 1 aliphatic heterocycles. The van der Waals surface area contributed by atoms with Crippen LogP contribution < -0.4 is 15.1 Å². The lowest BCUT2D eigenvalue weighted by Gasteiger charge is -2.22. The Morgan fingerprint density at radius 1 is 1.06 bits per heavy atom. The van der Waals surface area contributed by atoms with Crippen LogP contribution in [0.5, 0.6) is 5.75 Å². The van der Waals surface area contributed by atoms with Gasteiger partial charge in [-0.2, -0.15) is 0 Å². The van der Waals surface area contributed by atoms with Gasteiger partial charge in [0, 0.05) is 4.88 Å². The van der Waals surface area contributed by atoms with Crippen LogP contribution in [0.15, 0.2) is 51.7 Å². The molecule has 7 heteroatoms. The lowest BCUT2D eigenvalue weighted by molar-refractivity contribution is 0.0971. The van der Waals surface area contributed by atoms with E-state index >= 15 is 0 Å². The number of carbonyl (C=O) groups excluding carboxylic acids is 1. The van der Waals surface area contributed by atoms with E-state index in [2.05, 4.69) is 4.98 Å². The Bertz CT molecular complexity index is 1380. The van der Waals surface area contributed by atoms with Crippen molar-refractivity contribution in [3.8, 4) is 5.75 Å². The van der Waals surface area contributed by atoms with Gasteiger partial charge in [-0.25, -0.2) is 4.98 Å². The van der Waals surface area contributed by atoms with Gasteiger partial charge in [-0.05, 0) is 50.6 Å². The zero-order valence-corrected chi connectivity index (χ0v) is 18.4. The minimum Gasteiger partial charge on any atom is -0.497 e. The van der Waals surface area contributed by atoms with Gasteiger partial charge < -0.3 is 9.15 Å². The topological polar surface area (TPSA) is 72.6 Å². The molecule has 0 fully saturated rings. The lowest BCUT2D eigenvalue weighted by atomic mass is 9.98. The molecule has 31 heavy (non-hydrogen) atoms. The molecule has 0 N–H and O–H groups in total. The zero-order chi connectivity index (χ0) is 21.9.